The first-order valence-corrected chi connectivity index (χ1v) is 22.0. The fraction of sp³-hybridized carbons (Fsp3) is 0.500. The molecule has 0 amide bonds. The van der Waals surface area contributed by atoms with Crippen molar-refractivity contribution in [2.45, 2.75) is 50.7 Å². The summed E-state index contributed by atoms with van der Waals surface area (Å²) in [7, 11) is -2.54. The molecule has 2 aliphatic heterocycles. The van der Waals surface area contributed by atoms with Crippen molar-refractivity contribution >= 4 is 8.80 Å². The van der Waals surface area contributed by atoms with Gasteiger partial charge in [0.2, 0.25) is 0 Å². The topological polar surface area (TPSA) is 165 Å². The van der Waals surface area contributed by atoms with Gasteiger partial charge in [-0.15, -0.1) is 0 Å². The van der Waals surface area contributed by atoms with E-state index in [1.807, 2.05) is 86.6 Å². The van der Waals surface area contributed by atoms with E-state index >= 15 is 0 Å². The first-order valence-electron chi connectivity index (χ1n) is 20.1. The third-order valence-electron chi connectivity index (χ3n) is 9.73. The van der Waals surface area contributed by atoms with Gasteiger partial charge in [0, 0.05) is 64.3 Å². The highest BCUT2D eigenvalue weighted by molar-refractivity contribution is 6.62. The molecule has 0 saturated carbocycles. The molecule has 1 aromatic carbocycles. The second kappa shape index (κ2) is 22.4. The van der Waals surface area contributed by atoms with Crippen molar-refractivity contribution in [2.24, 2.45) is 5.73 Å². The molecule has 5 heterocycles. The van der Waals surface area contributed by atoms with Crippen LogP contribution in [0.5, 0.6) is 5.75 Å². The fourth-order valence-electron chi connectivity index (χ4n) is 6.96. The van der Waals surface area contributed by atoms with Gasteiger partial charge in [-0.2, -0.15) is 0 Å². The first kappa shape index (κ1) is 42.9. The lowest BCUT2D eigenvalue weighted by molar-refractivity contribution is 0.0152. The van der Waals surface area contributed by atoms with Crippen LogP contribution in [0.15, 0.2) is 85.2 Å². The van der Waals surface area contributed by atoms with Crippen molar-refractivity contribution in [1.29, 1.82) is 0 Å². The predicted octanol–water partition coefficient (Wildman–Crippen LogP) is 4.06. The molecule has 0 aliphatic carbocycles. The molecule has 2 aliphatic rings. The quantitative estimate of drug-likeness (QED) is 0.0615. The second-order valence-electron chi connectivity index (χ2n) is 14.2. The van der Waals surface area contributed by atoms with E-state index in [9.17, 15) is 5.11 Å². The van der Waals surface area contributed by atoms with E-state index < -0.39 is 14.9 Å². The Hall–Kier alpha value is -3.71. The molecule has 15 heteroatoms. The normalized spacial score (nSPS) is 20.7. The lowest BCUT2D eigenvalue weighted by atomic mass is 10.0. The van der Waals surface area contributed by atoms with E-state index in [1.165, 1.54) is 0 Å². The average Bonchev–Trinajstić information content (AvgIpc) is 3.74. The Labute approximate surface area is 337 Å². The molecular weight excluding hydrogens is 745 g/mol. The fourth-order valence-corrected chi connectivity index (χ4v) is 10.3. The molecule has 308 valence electrons. The van der Waals surface area contributed by atoms with E-state index in [-0.39, 0.29) is 24.9 Å². The summed E-state index contributed by atoms with van der Waals surface area (Å²) in [5.74, 6) is 0.769. The minimum absolute atomic E-state index is 0.0482. The van der Waals surface area contributed by atoms with E-state index in [1.54, 1.807) is 12.4 Å². The van der Waals surface area contributed by atoms with Gasteiger partial charge >= 0.3 is 8.80 Å². The van der Waals surface area contributed by atoms with E-state index in [0.29, 0.717) is 59.3 Å². The van der Waals surface area contributed by atoms with Crippen LogP contribution < -0.4 is 15.8 Å². The van der Waals surface area contributed by atoms with Gasteiger partial charge < -0.3 is 48.4 Å². The van der Waals surface area contributed by atoms with Crippen LogP contribution in [0.2, 0.25) is 6.04 Å². The van der Waals surface area contributed by atoms with Crippen molar-refractivity contribution < 1.29 is 37.3 Å². The van der Waals surface area contributed by atoms with Gasteiger partial charge in [0.1, 0.15) is 12.4 Å². The van der Waals surface area contributed by atoms with Crippen LogP contribution in [0, 0.1) is 0 Å². The lowest BCUT2D eigenvalue weighted by Gasteiger charge is -2.27. The molecule has 0 radical (unpaired) electrons. The third kappa shape index (κ3) is 13.1. The Bertz CT molecular complexity index is 1680. The number of benzene rings is 1. The van der Waals surface area contributed by atoms with Crippen molar-refractivity contribution in [3.05, 3.63) is 85.2 Å². The van der Waals surface area contributed by atoms with Crippen molar-refractivity contribution in [3.8, 4) is 39.7 Å². The maximum Gasteiger partial charge on any atom is 0.502 e. The van der Waals surface area contributed by atoms with Gasteiger partial charge in [-0.1, -0.05) is 24.3 Å². The van der Waals surface area contributed by atoms with Crippen LogP contribution in [0.1, 0.15) is 20.3 Å². The lowest BCUT2D eigenvalue weighted by Crippen LogP contribution is -2.44. The van der Waals surface area contributed by atoms with Crippen molar-refractivity contribution in [1.82, 2.24) is 25.2 Å². The summed E-state index contributed by atoms with van der Waals surface area (Å²) < 4.78 is 41.2. The Morgan fingerprint density at radius 1 is 0.754 bits per heavy atom. The molecule has 2 fully saturated rings. The van der Waals surface area contributed by atoms with E-state index in [4.69, 9.17) is 42.9 Å². The smallest absolute Gasteiger partial charge is 0.491 e. The van der Waals surface area contributed by atoms with Gasteiger partial charge in [-0.05, 0) is 79.9 Å². The summed E-state index contributed by atoms with van der Waals surface area (Å²) in [4.78, 5) is 16.0. The number of aromatic nitrogens is 3. The van der Waals surface area contributed by atoms with Gasteiger partial charge in [-0.3, -0.25) is 14.9 Å². The maximum absolute atomic E-state index is 10.6. The molecule has 57 heavy (non-hydrogen) atoms. The molecule has 3 aromatic heterocycles. The van der Waals surface area contributed by atoms with Crippen molar-refractivity contribution in [3.63, 3.8) is 0 Å². The Morgan fingerprint density at radius 2 is 1.42 bits per heavy atom. The molecule has 3 atom stereocenters. The number of rotatable bonds is 26. The highest BCUT2D eigenvalue weighted by atomic mass is 28.4. The van der Waals surface area contributed by atoms with Crippen LogP contribution in [0.3, 0.4) is 0 Å². The second-order valence-corrected chi connectivity index (χ2v) is 16.8. The molecule has 14 nitrogen and oxygen atoms in total. The van der Waals surface area contributed by atoms with Gasteiger partial charge in [0.05, 0.1) is 80.2 Å². The summed E-state index contributed by atoms with van der Waals surface area (Å²) >= 11 is 0. The summed E-state index contributed by atoms with van der Waals surface area (Å²) in [5.41, 5.74) is 11.1. The molecular formula is C42H58N6O8Si. The third-order valence-corrected chi connectivity index (χ3v) is 12.8. The van der Waals surface area contributed by atoms with Crippen molar-refractivity contribution in [2.75, 3.05) is 85.5 Å². The molecule has 0 spiro atoms. The van der Waals surface area contributed by atoms with E-state index in [2.05, 4.69) is 20.2 Å². The maximum atomic E-state index is 10.6. The largest absolute Gasteiger partial charge is 0.502 e. The van der Waals surface area contributed by atoms with Crippen LogP contribution in [0.25, 0.3) is 33.9 Å². The van der Waals surface area contributed by atoms with Crippen LogP contribution in [0.4, 0.5) is 0 Å². The zero-order valence-electron chi connectivity index (χ0n) is 33.2. The minimum Gasteiger partial charge on any atom is -0.491 e. The Morgan fingerprint density at radius 3 is 2.05 bits per heavy atom. The van der Waals surface area contributed by atoms with Crippen LogP contribution >= 0.6 is 0 Å². The predicted molar refractivity (Wildman–Crippen MR) is 220 cm³/mol. The van der Waals surface area contributed by atoms with Gasteiger partial charge in [0.25, 0.3) is 0 Å². The minimum atomic E-state index is -2.54. The molecule has 2 saturated heterocycles. The summed E-state index contributed by atoms with van der Waals surface area (Å²) in [6, 6.07) is 24.5. The summed E-state index contributed by atoms with van der Waals surface area (Å²) in [6.45, 7) is 11.3. The zero-order chi connectivity index (χ0) is 39.7. The summed E-state index contributed by atoms with van der Waals surface area (Å²) in [5, 5.41) is 13.9. The monoisotopic (exact) mass is 802 g/mol. The van der Waals surface area contributed by atoms with E-state index in [0.717, 1.165) is 71.8 Å². The number of nitrogens with one attached hydrogen (secondary N) is 1. The number of pyridine rings is 3. The molecule has 2 bridgehead atoms. The standard InChI is InChI=1S/C42H58N6O8Si/c1-32-42-33(2)55-57(54-32,56-42)27-7-21-52-31-36(49)30-48(19-14-43)20-17-44-18-22-50-23-24-51-25-26-53-37-12-10-34(11-13-37)35-28-40(38-8-3-5-15-45-38)47-41(29-35)39-9-4-6-16-46-39/h3-6,8-13,15-16,28-29,32-33,36,42,44,49H,7,14,17-27,30-31,43H2,1-2H3. The first-order chi connectivity index (χ1) is 27.9. The number of aliphatic hydroxyl groups excluding tert-OH is 1. The number of hydrogen-bond donors (Lipinski definition) is 3. The number of aliphatic hydroxyl groups is 1. The summed E-state index contributed by atoms with van der Waals surface area (Å²) in [6.07, 6.45) is 3.96. The average molecular weight is 803 g/mol. The zero-order valence-corrected chi connectivity index (χ0v) is 34.2. The number of hydrogen-bond acceptors (Lipinski definition) is 14. The van der Waals surface area contributed by atoms with Gasteiger partial charge in [-0.25, -0.2) is 4.98 Å². The highest BCUT2D eigenvalue weighted by Crippen LogP contribution is 2.40. The molecule has 6 rings (SSSR count). The Kier molecular flexibility index (Phi) is 16.9. The number of nitrogens with two attached hydrogens (primary N) is 1. The highest BCUT2D eigenvalue weighted by Gasteiger charge is 2.60. The SMILES string of the molecule is CC1O[Si]2(CCCOCC(O)CN(CCN)CCNCCOCCOCCOc3ccc(-c4cc(-c5ccccn5)nc(-c5ccccn5)c4)cc3)OC(C)C1O2. The van der Waals surface area contributed by atoms with Crippen LogP contribution in [-0.2, 0) is 27.5 Å². The molecule has 3 unspecified atom stereocenters. The molecule has 4 N–H and O–H groups in total. The number of ether oxygens (including phenoxy) is 4. The van der Waals surface area contributed by atoms with Gasteiger partial charge in [0.15, 0.2) is 0 Å². The van der Waals surface area contributed by atoms with Crippen LogP contribution in [-0.4, -0.2) is 144 Å². The number of fused-ring (bicyclic) bond motifs is 2. The Balaban J connectivity index is 0.790. The molecule has 4 aromatic rings. The number of nitrogens with zero attached hydrogens (tertiary/aromatic N) is 4.